The maximum atomic E-state index is 13.5. The third-order valence-corrected chi connectivity index (χ3v) is 9.05. The summed E-state index contributed by atoms with van der Waals surface area (Å²) in [6.45, 7) is 4.80. The highest BCUT2D eigenvalue weighted by Crippen LogP contribution is 2.35. The fraction of sp³-hybridized carbons (Fsp3) is 0.333. The zero-order valence-electron chi connectivity index (χ0n) is 29.5. The van der Waals surface area contributed by atoms with Crippen molar-refractivity contribution in [3.63, 3.8) is 0 Å². The standard InChI is InChI=1S/C42H46N2O8/c1-3-48-41(45)35-29(2)43-42(46)44-36(35)38-40(51-27-33-22-14-7-15-23-33)39(50-26-32-20-12-6-13-21-32)37(49-25-31-18-10-5-11-19-31)34(52-38)28-47-24-30-16-8-4-9-17-30/h4-23,34,36-40H,3,24-28H2,1-2H3,(H2,43,44,46)/t34-,36+,37-,38+,39+,40-/m1/s1. The van der Waals surface area contributed by atoms with Gasteiger partial charge in [0.1, 0.15) is 30.5 Å². The summed E-state index contributed by atoms with van der Waals surface area (Å²) in [5, 5.41) is 5.68. The van der Waals surface area contributed by atoms with Crippen molar-refractivity contribution < 1.29 is 38.0 Å². The fourth-order valence-electron chi connectivity index (χ4n) is 6.55. The van der Waals surface area contributed by atoms with Crippen LogP contribution >= 0.6 is 0 Å². The van der Waals surface area contributed by atoms with Crippen molar-refractivity contribution in [3.8, 4) is 0 Å². The molecule has 52 heavy (non-hydrogen) atoms. The molecule has 0 unspecified atom stereocenters. The topological polar surface area (TPSA) is 114 Å². The van der Waals surface area contributed by atoms with Crippen molar-refractivity contribution in [2.75, 3.05) is 13.2 Å². The van der Waals surface area contributed by atoms with Crippen LogP contribution in [0.25, 0.3) is 0 Å². The summed E-state index contributed by atoms with van der Waals surface area (Å²) in [6, 6.07) is 38.0. The predicted molar refractivity (Wildman–Crippen MR) is 195 cm³/mol. The molecule has 4 aromatic rings. The van der Waals surface area contributed by atoms with Crippen LogP contribution in [0.2, 0.25) is 0 Å². The van der Waals surface area contributed by atoms with E-state index in [1.54, 1.807) is 13.8 Å². The Bertz CT molecular complexity index is 1740. The highest BCUT2D eigenvalue weighted by Gasteiger charge is 2.53. The number of carbonyl (C=O) groups excluding carboxylic acids is 2. The van der Waals surface area contributed by atoms with Crippen molar-refractivity contribution >= 4 is 12.0 Å². The first-order valence-corrected chi connectivity index (χ1v) is 17.7. The van der Waals surface area contributed by atoms with Gasteiger partial charge in [-0.2, -0.15) is 0 Å². The number of nitrogens with one attached hydrogen (secondary N) is 2. The van der Waals surface area contributed by atoms with Crippen LogP contribution < -0.4 is 10.6 Å². The lowest BCUT2D eigenvalue weighted by Gasteiger charge is -2.49. The molecule has 1 saturated heterocycles. The SMILES string of the molecule is CCOC(=O)C1=C(C)NC(=O)N[C@@H]1[C@@H]1O[C@H](COCc2ccccc2)[C@@H](OCc2ccccc2)[C@H](OCc2ccccc2)[C@@H]1OCc1ccccc1. The highest BCUT2D eigenvalue weighted by atomic mass is 16.6. The predicted octanol–water partition coefficient (Wildman–Crippen LogP) is 6.25. The van der Waals surface area contributed by atoms with Crippen LogP contribution in [-0.4, -0.2) is 61.8 Å². The lowest BCUT2D eigenvalue weighted by Crippen LogP contribution is -2.68. The van der Waals surface area contributed by atoms with Crippen LogP contribution in [0, 0.1) is 0 Å². The van der Waals surface area contributed by atoms with Crippen molar-refractivity contribution in [1.82, 2.24) is 10.6 Å². The van der Waals surface area contributed by atoms with Crippen LogP contribution in [0.15, 0.2) is 133 Å². The average molecular weight is 707 g/mol. The summed E-state index contributed by atoms with van der Waals surface area (Å²) in [6.07, 6.45) is -3.83. The van der Waals surface area contributed by atoms with E-state index >= 15 is 0 Å². The number of amides is 2. The minimum atomic E-state index is -0.942. The number of urea groups is 1. The summed E-state index contributed by atoms with van der Waals surface area (Å²) < 4.78 is 39.1. The molecule has 2 N–H and O–H groups in total. The molecule has 4 aromatic carbocycles. The molecular weight excluding hydrogens is 660 g/mol. The molecule has 2 aliphatic heterocycles. The molecule has 0 radical (unpaired) electrons. The molecule has 0 aromatic heterocycles. The first kappa shape index (κ1) is 36.9. The fourth-order valence-corrected chi connectivity index (χ4v) is 6.55. The lowest BCUT2D eigenvalue weighted by atomic mass is 9.86. The van der Waals surface area contributed by atoms with E-state index in [-0.39, 0.29) is 38.6 Å². The second kappa shape index (κ2) is 18.6. The monoisotopic (exact) mass is 706 g/mol. The number of rotatable bonds is 16. The Labute approximate surface area is 305 Å². The van der Waals surface area contributed by atoms with Crippen LogP contribution in [0.3, 0.4) is 0 Å². The van der Waals surface area contributed by atoms with Gasteiger partial charge >= 0.3 is 12.0 Å². The number of benzene rings is 4. The Morgan fingerprint density at radius 3 is 1.62 bits per heavy atom. The van der Waals surface area contributed by atoms with Gasteiger partial charge in [-0.1, -0.05) is 121 Å². The van der Waals surface area contributed by atoms with Gasteiger partial charge in [0.2, 0.25) is 0 Å². The third-order valence-electron chi connectivity index (χ3n) is 9.05. The Kier molecular flexibility index (Phi) is 13.2. The van der Waals surface area contributed by atoms with E-state index < -0.39 is 48.6 Å². The number of ether oxygens (including phenoxy) is 6. The second-order valence-electron chi connectivity index (χ2n) is 12.8. The van der Waals surface area contributed by atoms with Gasteiger partial charge in [-0.05, 0) is 36.1 Å². The van der Waals surface area contributed by atoms with E-state index in [1.165, 1.54) is 0 Å². The molecule has 272 valence electrons. The van der Waals surface area contributed by atoms with Crippen LogP contribution in [0.5, 0.6) is 0 Å². The Morgan fingerprint density at radius 2 is 1.12 bits per heavy atom. The van der Waals surface area contributed by atoms with Crippen LogP contribution in [-0.2, 0) is 59.6 Å². The van der Waals surface area contributed by atoms with E-state index in [2.05, 4.69) is 10.6 Å². The molecule has 0 saturated carbocycles. The molecule has 1 fully saturated rings. The Hall–Kier alpha value is -4.84. The van der Waals surface area contributed by atoms with E-state index in [9.17, 15) is 9.59 Å². The molecule has 2 amide bonds. The molecule has 2 aliphatic rings. The minimum Gasteiger partial charge on any atom is -0.463 e. The maximum Gasteiger partial charge on any atom is 0.337 e. The summed E-state index contributed by atoms with van der Waals surface area (Å²) in [5.41, 5.74) is 4.50. The number of allylic oxidation sites excluding steroid dienone is 1. The smallest absolute Gasteiger partial charge is 0.337 e. The summed E-state index contributed by atoms with van der Waals surface area (Å²) in [4.78, 5) is 26.6. The maximum absolute atomic E-state index is 13.5. The van der Waals surface area contributed by atoms with E-state index in [0.29, 0.717) is 12.3 Å². The molecule has 2 heterocycles. The largest absolute Gasteiger partial charge is 0.463 e. The molecule has 0 bridgehead atoms. The minimum absolute atomic E-state index is 0.137. The van der Waals surface area contributed by atoms with Crippen molar-refractivity contribution in [2.24, 2.45) is 0 Å². The second-order valence-corrected chi connectivity index (χ2v) is 12.8. The van der Waals surface area contributed by atoms with Gasteiger partial charge in [0.15, 0.2) is 0 Å². The summed E-state index contributed by atoms with van der Waals surface area (Å²) in [5.74, 6) is -0.566. The number of esters is 1. The first-order chi connectivity index (χ1) is 25.5. The van der Waals surface area contributed by atoms with E-state index in [0.717, 1.165) is 22.3 Å². The van der Waals surface area contributed by atoms with Gasteiger partial charge < -0.3 is 39.1 Å². The number of hydrogen-bond acceptors (Lipinski definition) is 8. The van der Waals surface area contributed by atoms with Gasteiger partial charge in [0, 0.05) is 5.70 Å². The molecule has 6 rings (SSSR count). The van der Waals surface area contributed by atoms with Crippen LogP contribution in [0.1, 0.15) is 36.1 Å². The van der Waals surface area contributed by atoms with Crippen molar-refractivity contribution in [2.45, 2.75) is 76.8 Å². The number of carbonyl (C=O) groups is 2. The zero-order chi connectivity index (χ0) is 36.1. The normalized spacial score (nSPS) is 23.1. The van der Waals surface area contributed by atoms with Gasteiger partial charge in [0.25, 0.3) is 0 Å². The van der Waals surface area contributed by atoms with Gasteiger partial charge in [-0.25, -0.2) is 9.59 Å². The summed E-state index contributed by atoms with van der Waals surface area (Å²) in [7, 11) is 0. The Morgan fingerprint density at radius 1 is 0.654 bits per heavy atom. The average Bonchev–Trinajstić information content (AvgIpc) is 3.17. The lowest BCUT2D eigenvalue weighted by molar-refractivity contribution is -0.275. The highest BCUT2D eigenvalue weighted by molar-refractivity contribution is 5.94. The first-order valence-electron chi connectivity index (χ1n) is 17.7. The third kappa shape index (κ3) is 9.73. The number of hydrogen-bond donors (Lipinski definition) is 2. The summed E-state index contributed by atoms with van der Waals surface area (Å²) >= 11 is 0. The molecule has 10 nitrogen and oxygen atoms in total. The molecule has 10 heteroatoms. The molecule has 6 atom stereocenters. The Balaban J connectivity index is 1.40. The van der Waals surface area contributed by atoms with Gasteiger partial charge in [-0.3, -0.25) is 0 Å². The molecule has 0 aliphatic carbocycles. The van der Waals surface area contributed by atoms with Gasteiger partial charge in [-0.15, -0.1) is 0 Å². The molecule has 0 spiro atoms. The quantitative estimate of drug-likeness (QED) is 0.132. The van der Waals surface area contributed by atoms with E-state index in [1.807, 2.05) is 121 Å². The van der Waals surface area contributed by atoms with Crippen LogP contribution in [0.4, 0.5) is 4.79 Å². The van der Waals surface area contributed by atoms with E-state index in [4.69, 9.17) is 28.4 Å². The molecular formula is C42H46N2O8. The van der Waals surface area contributed by atoms with Gasteiger partial charge in [0.05, 0.1) is 51.3 Å². The van der Waals surface area contributed by atoms with Crippen molar-refractivity contribution in [1.29, 1.82) is 0 Å². The van der Waals surface area contributed by atoms with Crippen molar-refractivity contribution in [3.05, 3.63) is 155 Å². The zero-order valence-corrected chi connectivity index (χ0v) is 29.5.